The van der Waals surface area contributed by atoms with Gasteiger partial charge in [-0.2, -0.15) is 5.10 Å². The Labute approximate surface area is 117 Å². The summed E-state index contributed by atoms with van der Waals surface area (Å²) in [6, 6.07) is 7.69. The normalized spacial score (nSPS) is 10.6. The predicted octanol–water partition coefficient (Wildman–Crippen LogP) is 3.34. The number of carboxylic acids is 1. The first-order valence-corrected chi connectivity index (χ1v) is 6.81. The van der Waals surface area contributed by atoms with E-state index in [9.17, 15) is 9.90 Å². The van der Waals surface area contributed by atoms with Crippen LogP contribution in [-0.4, -0.2) is 20.9 Å². The molecule has 2 rings (SSSR count). The van der Waals surface area contributed by atoms with E-state index >= 15 is 0 Å². The molecule has 0 saturated carbocycles. The van der Waals surface area contributed by atoms with E-state index in [1.807, 2.05) is 24.3 Å². The van der Waals surface area contributed by atoms with E-state index in [-0.39, 0.29) is 5.56 Å². The number of nitrogens with zero attached hydrogens (tertiary/aromatic N) is 2. The van der Waals surface area contributed by atoms with Crippen LogP contribution in [0.2, 0.25) is 0 Å². The van der Waals surface area contributed by atoms with Gasteiger partial charge < -0.3 is 5.11 Å². The Kier molecular flexibility index (Phi) is 3.77. The summed E-state index contributed by atoms with van der Waals surface area (Å²) >= 11 is 4.84. The Morgan fingerprint density at radius 3 is 2.72 bits per heavy atom. The smallest absolute Gasteiger partial charge is 0.340 e. The molecular formula is C12H11BrN2O2S. The zero-order chi connectivity index (χ0) is 13.3. The molecule has 0 saturated heterocycles. The lowest BCUT2D eigenvalue weighted by Crippen LogP contribution is -2.00. The molecule has 0 amide bonds. The van der Waals surface area contributed by atoms with Crippen molar-refractivity contribution in [3.63, 3.8) is 0 Å². The zero-order valence-corrected chi connectivity index (χ0v) is 12.2. The molecule has 6 heteroatoms. The van der Waals surface area contributed by atoms with Crippen LogP contribution in [0.1, 0.15) is 16.1 Å². The Bertz CT molecular complexity index is 610. The number of aryl methyl sites for hydroxylation is 2. The minimum absolute atomic E-state index is 0.262. The van der Waals surface area contributed by atoms with Gasteiger partial charge in [0.05, 0.1) is 5.69 Å². The van der Waals surface area contributed by atoms with E-state index in [1.54, 1.807) is 18.7 Å². The van der Waals surface area contributed by atoms with E-state index in [4.69, 9.17) is 0 Å². The number of aromatic carboxylic acids is 1. The summed E-state index contributed by atoms with van der Waals surface area (Å²) < 4.78 is 2.54. The van der Waals surface area contributed by atoms with Gasteiger partial charge in [0.1, 0.15) is 10.6 Å². The Morgan fingerprint density at radius 1 is 1.44 bits per heavy atom. The van der Waals surface area contributed by atoms with Gasteiger partial charge in [-0.1, -0.05) is 23.9 Å². The van der Waals surface area contributed by atoms with Crippen LogP contribution >= 0.6 is 27.7 Å². The van der Waals surface area contributed by atoms with Crippen molar-refractivity contribution in [2.24, 2.45) is 7.05 Å². The maximum atomic E-state index is 11.3. The highest BCUT2D eigenvalue weighted by atomic mass is 79.9. The van der Waals surface area contributed by atoms with Crippen LogP contribution in [0.3, 0.4) is 0 Å². The number of benzene rings is 1. The van der Waals surface area contributed by atoms with Gasteiger partial charge in [0.2, 0.25) is 0 Å². The van der Waals surface area contributed by atoms with Crippen LogP contribution in [-0.2, 0) is 7.05 Å². The van der Waals surface area contributed by atoms with Crippen LogP contribution in [0, 0.1) is 6.92 Å². The second-order valence-corrected chi connectivity index (χ2v) is 5.61. The average molecular weight is 327 g/mol. The molecule has 0 aliphatic carbocycles. The largest absolute Gasteiger partial charge is 0.478 e. The van der Waals surface area contributed by atoms with Crippen molar-refractivity contribution in [2.45, 2.75) is 16.8 Å². The van der Waals surface area contributed by atoms with Crippen molar-refractivity contribution < 1.29 is 9.90 Å². The van der Waals surface area contributed by atoms with Crippen LogP contribution in [0.15, 0.2) is 38.7 Å². The fraction of sp³-hybridized carbons (Fsp3) is 0.167. The lowest BCUT2D eigenvalue weighted by Gasteiger charge is -2.05. The highest BCUT2D eigenvalue weighted by Gasteiger charge is 2.20. The molecule has 1 N–H and O–H groups in total. The van der Waals surface area contributed by atoms with Crippen LogP contribution in [0.25, 0.3) is 0 Å². The third-order valence-electron chi connectivity index (χ3n) is 2.43. The van der Waals surface area contributed by atoms with Gasteiger partial charge in [0.15, 0.2) is 0 Å². The summed E-state index contributed by atoms with van der Waals surface area (Å²) in [6.45, 7) is 1.70. The second kappa shape index (κ2) is 5.16. The fourth-order valence-electron chi connectivity index (χ4n) is 1.63. The molecule has 1 aromatic heterocycles. The molecule has 4 nitrogen and oxygen atoms in total. The lowest BCUT2D eigenvalue weighted by atomic mass is 10.3. The summed E-state index contributed by atoms with van der Waals surface area (Å²) in [6.07, 6.45) is 0. The maximum Gasteiger partial charge on any atom is 0.340 e. The third kappa shape index (κ3) is 2.44. The third-order valence-corrected chi connectivity index (χ3v) is 4.62. The van der Waals surface area contributed by atoms with Crippen molar-refractivity contribution >= 4 is 33.7 Å². The fourth-order valence-corrected chi connectivity index (χ4v) is 3.19. The molecule has 0 bridgehead atoms. The topological polar surface area (TPSA) is 55.1 Å². The van der Waals surface area contributed by atoms with E-state index in [0.29, 0.717) is 10.7 Å². The summed E-state index contributed by atoms with van der Waals surface area (Å²) in [4.78, 5) is 12.2. The molecule has 0 atom stereocenters. The van der Waals surface area contributed by atoms with Crippen molar-refractivity contribution in [1.29, 1.82) is 0 Å². The molecule has 0 aliphatic rings. The Balaban J connectivity index is 2.47. The highest BCUT2D eigenvalue weighted by Crippen LogP contribution is 2.35. The molecule has 1 aromatic carbocycles. The molecule has 18 heavy (non-hydrogen) atoms. The first-order valence-electron chi connectivity index (χ1n) is 5.20. The second-order valence-electron chi connectivity index (χ2n) is 3.73. The van der Waals surface area contributed by atoms with Crippen LogP contribution < -0.4 is 0 Å². The molecular weight excluding hydrogens is 316 g/mol. The van der Waals surface area contributed by atoms with Gasteiger partial charge in [-0.05, 0) is 35.0 Å². The number of halogens is 1. The van der Waals surface area contributed by atoms with E-state index < -0.39 is 5.97 Å². The van der Waals surface area contributed by atoms with Crippen LogP contribution in [0.5, 0.6) is 0 Å². The Morgan fingerprint density at radius 2 is 2.11 bits per heavy atom. The SMILES string of the molecule is Cc1nn(C)c(Sc2ccccc2Br)c1C(=O)O. The molecule has 0 radical (unpaired) electrons. The summed E-state index contributed by atoms with van der Waals surface area (Å²) in [5.74, 6) is -0.949. The maximum absolute atomic E-state index is 11.3. The standard InChI is InChI=1S/C12H11BrN2O2S/c1-7-10(12(16)17)11(15(2)14-7)18-9-6-4-3-5-8(9)13/h3-6H,1-2H3,(H,16,17). The number of carbonyl (C=O) groups is 1. The monoisotopic (exact) mass is 326 g/mol. The number of aromatic nitrogens is 2. The number of rotatable bonds is 3. The summed E-state index contributed by atoms with van der Waals surface area (Å²) in [7, 11) is 1.75. The predicted molar refractivity (Wildman–Crippen MR) is 73.2 cm³/mol. The van der Waals surface area contributed by atoms with Crippen LogP contribution in [0.4, 0.5) is 0 Å². The van der Waals surface area contributed by atoms with E-state index in [1.165, 1.54) is 11.8 Å². The summed E-state index contributed by atoms with van der Waals surface area (Å²) in [5.41, 5.74) is 0.790. The van der Waals surface area contributed by atoms with E-state index in [0.717, 1.165) is 9.37 Å². The molecule has 1 heterocycles. The first kappa shape index (κ1) is 13.2. The molecule has 0 unspecified atom stereocenters. The average Bonchev–Trinajstić information content (AvgIpc) is 2.57. The van der Waals surface area contributed by atoms with Gasteiger partial charge in [0, 0.05) is 16.4 Å². The minimum atomic E-state index is -0.949. The molecule has 2 aromatic rings. The van der Waals surface area contributed by atoms with Crippen molar-refractivity contribution in [2.75, 3.05) is 0 Å². The molecule has 0 aliphatic heterocycles. The number of hydrogen-bond donors (Lipinski definition) is 1. The summed E-state index contributed by atoms with van der Waals surface area (Å²) in [5, 5.41) is 14.0. The lowest BCUT2D eigenvalue weighted by molar-refractivity contribution is 0.0692. The first-order chi connectivity index (χ1) is 8.50. The highest BCUT2D eigenvalue weighted by molar-refractivity contribution is 9.10. The van der Waals surface area contributed by atoms with Gasteiger partial charge in [-0.15, -0.1) is 0 Å². The quantitative estimate of drug-likeness (QED) is 0.939. The van der Waals surface area contributed by atoms with Gasteiger partial charge in [-0.3, -0.25) is 4.68 Å². The zero-order valence-electron chi connectivity index (χ0n) is 9.85. The van der Waals surface area contributed by atoms with Crippen molar-refractivity contribution in [3.8, 4) is 0 Å². The molecule has 0 spiro atoms. The minimum Gasteiger partial charge on any atom is -0.478 e. The molecule has 94 valence electrons. The Hall–Kier alpha value is -1.27. The van der Waals surface area contributed by atoms with Gasteiger partial charge in [-0.25, -0.2) is 4.79 Å². The van der Waals surface area contributed by atoms with Gasteiger partial charge in [0.25, 0.3) is 0 Å². The van der Waals surface area contributed by atoms with E-state index in [2.05, 4.69) is 21.0 Å². The molecule has 0 fully saturated rings. The number of hydrogen-bond acceptors (Lipinski definition) is 3. The number of carboxylic acid groups (broad SMARTS) is 1. The van der Waals surface area contributed by atoms with Gasteiger partial charge >= 0.3 is 5.97 Å². The van der Waals surface area contributed by atoms with Crippen molar-refractivity contribution in [1.82, 2.24) is 9.78 Å². The van der Waals surface area contributed by atoms with Crippen molar-refractivity contribution in [3.05, 3.63) is 40.0 Å².